The van der Waals surface area contributed by atoms with E-state index in [1.165, 1.54) is 7.05 Å². The summed E-state index contributed by atoms with van der Waals surface area (Å²) in [7, 11) is -2.31. The predicted octanol–water partition coefficient (Wildman–Crippen LogP) is 2.77. The molecule has 0 aliphatic rings. The number of likely N-dealkylation sites (N-methyl/N-ethyl adjacent to an activating group) is 1. The number of hydrogen-bond donors (Lipinski definition) is 1. The molecule has 0 heterocycles. The molecule has 1 N–H and O–H groups in total. The van der Waals surface area contributed by atoms with Crippen LogP contribution in [-0.2, 0) is 21.2 Å². The van der Waals surface area contributed by atoms with Gasteiger partial charge in [0.05, 0.1) is 24.7 Å². The molecule has 0 radical (unpaired) electrons. The van der Waals surface area contributed by atoms with Crippen LogP contribution in [0, 0.1) is 6.92 Å². The number of rotatable bonds is 11. The molecule has 7 nitrogen and oxygen atoms in total. The number of hydrogen-bond acceptors (Lipinski definition) is 5. The van der Waals surface area contributed by atoms with Crippen LogP contribution in [0.25, 0.3) is 0 Å². The van der Waals surface area contributed by atoms with Gasteiger partial charge < -0.3 is 14.8 Å². The van der Waals surface area contributed by atoms with Crippen molar-refractivity contribution in [3.63, 3.8) is 0 Å². The minimum Gasteiger partial charge on any atom is -0.490 e. The number of nitrogens with one attached hydrogen (secondary N) is 1. The van der Waals surface area contributed by atoms with E-state index in [0.717, 1.165) is 15.4 Å². The normalized spacial score (nSPS) is 11.4. The first-order valence-electron chi connectivity index (χ1n) is 9.96. The van der Waals surface area contributed by atoms with Gasteiger partial charge >= 0.3 is 0 Å². The highest BCUT2D eigenvalue weighted by Gasteiger charge is 2.22. The number of benzene rings is 2. The van der Waals surface area contributed by atoms with E-state index in [1.54, 1.807) is 24.3 Å². The van der Waals surface area contributed by atoms with Gasteiger partial charge in [0.15, 0.2) is 11.5 Å². The van der Waals surface area contributed by atoms with Crippen LogP contribution in [0.3, 0.4) is 0 Å². The molecule has 0 aliphatic heterocycles. The smallest absolute Gasteiger partial charge is 0.243 e. The van der Waals surface area contributed by atoms with Crippen LogP contribution in [0.1, 0.15) is 25.0 Å². The van der Waals surface area contributed by atoms with Crippen LogP contribution in [0.15, 0.2) is 47.4 Å². The molecule has 0 aromatic heterocycles. The van der Waals surface area contributed by atoms with Gasteiger partial charge in [0.25, 0.3) is 0 Å². The van der Waals surface area contributed by atoms with E-state index in [4.69, 9.17) is 9.47 Å². The first-order chi connectivity index (χ1) is 14.3. The summed E-state index contributed by atoms with van der Waals surface area (Å²) in [6, 6.07) is 12.2. The van der Waals surface area contributed by atoms with Gasteiger partial charge in [0, 0.05) is 13.6 Å². The average molecular weight is 435 g/mol. The number of nitrogens with zero attached hydrogens (tertiary/aromatic N) is 1. The van der Waals surface area contributed by atoms with Crippen LogP contribution >= 0.6 is 0 Å². The first kappa shape index (κ1) is 23.7. The van der Waals surface area contributed by atoms with Gasteiger partial charge in [-0.15, -0.1) is 0 Å². The van der Waals surface area contributed by atoms with Crippen molar-refractivity contribution in [2.24, 2.45) is 0 Å². The molecule has 0 spiro atoms. The molecule has 0 bridgehead atoms. The van der Waals surface area contributed by atoms with E-state index in [1.807, 2.05) is 39.0 Å². The SMILES string of the molecule is CCOc1ccc(CCNC(=O)CN(C)S(=O)(=O)c2ccc(C)cc2)cc1OCC. The van der Waals surface area contributed by atoms with Gasteiger partial charge in [-0.3, -0.25) is 4.79 Å². The molecule has 2 aromatic rings. The Hall–Kier alpha value is -2.58. The van der Waals surface area contributed by atoms with E-state index in [2.05, 4.69) is 5.32 Å². The van der Waals surface area contributed by atoms with E-state index < -0.39 is 10.0 Å². The molecule has 1 amide bonds. The Morgan fingerprint density at radius 1 is 1.00 bits per heavy atom. The highest BCUT2D eigenvalue weighted by molar-refractivity contribution is 7.89. The standard InChI is InChI=1S/C22H30N2O5S/c1-5-28-20-12-9-18(15-21(20)29-6-2)13-14-23-22(25)16-24(4)30(26,27)19-10-7-17(3)8-11-19/h7-12,15H,5-6,13-14,16H2,1-4H3,(H,23,25). The Morgan fingerprint density at radius 3 is 2.27 bits per heavy atom. The molecule has 30 heavy (non-hydrogen) atoms. The summed E-state index contributed by atoms with van der Waals surface area (Å²) in [6.07, 6.45) is 0.590. The van der Waals surface area contributed by atoms with Crippen LogP contribution in [0.5, 0.6) is 11.5 Å². The number of amides is 1. The van der Waals surface area contributed by atoms with Crippen molar-refractivity contribution < 1.29 is 22.7 Å². The Balaban J connectivity index is 1.90. The molecule has 164 valence electrons. The van der Waals surface area contributed by atoms with Gasteiger partial charge in [-0.2, -0.15) is 4.31 Å². The number of ether oxygens (including phenoxy) is 2. The topological polar surface area (TPSA) is 84.9 Å². The summed E-state index contributed by atoms with van der Waals surface area (Å²) >= 11 is 0. The summed E-state index contributed by atoms with van der Waals surface area (Å²) < 4.78 is 37.4. The van der Waals surface area contributed by atoms with Gasteiger partial charge in [0.1, 0.15) is 0 Å². The quantitative estimate of drug-likeness (QED) is 0.588. The van der Waals surface area contributed by atoms with Gasteiger partial charge in [0.2, 0.25) is 15.9 Å². The van der Waals surface area contributed by atoms with E-state index in [-0.39, 0.29) is 17.3 Å². The maximum atomic E-state index is 12.6. The number of carbonyl (C=O) groups is 1. The van der Waals surface area contributed by atoms with Crippen molar-refractivity contribution >= 4 is 15.9 Å². The number of aryl methyl sites for hydroxylation is 1. The molecule has 0 fully saturated rings. The van der Waals surface area contributed by atoms with Gasteiger partial charge in [-0.25, -0.2) is 8.42 Å². The third kappa shape index (κ3) is 6.47. The molecule has 0 saturated carbocycles. The maximum absolute atomic E-state index is 12.6. The fourth-order valence-corrected chi connectivity index (χ4v) is 3.96. The molecule has 0 aliphatic carbocycles. The van der Waals surface area contributed by atoms with Crippen molar-refractivity contribution in [3.05, 3.63) is 53.6 Å². The van der Waals surface area contributed by atoms with Crippen LogP contribution < -0.4 is 14.8 Å². The number of sulfonamides is 1. The van der Waals surface area contributed by atoms with E-state index in [0.29, 0.717) is 37.7 Å². The lowest BCUT2D eigenvalue weighted by atomic mass is 10.1. The monoisotopic (exact) mass is 434 g/mol. The summed E-state index contributed by atoms with van der Waals surface area (Å²) in [5.41, 5.74) is 1.96. The number of carbonyl (C=O) groups excluding carboxylic acids is 1. The molecule has 2 aromatic carbocycles. The first-order valence-corrected chi connectivity index (χ1v) is 11.4. The largest absolute Gasteiger partial charge is 0.490 e. The zero-order valence-corrected chi connectivity index (χ0v) is 18.8. The van der Waals surface area contributed by atoms with Crippen LogP contribution in [0.2, 0.25) is 0 Å². The second-order valence-electron chi connectivity index (χ2n) is 6.82. The van der Waals surface area contributed by atoms with Crippen molar-refractivity contribution in [2.45, 2.75) is 32.1 Å². The summed E-state index contributed by atoms with van der Waals surface area (Å²) in [5, 5.41) is 2.77. The Labute approximate surface area is 179 Å². The molecule has 0 unspecified atom stereocenters. The van der Waals surface area contributed by atoms with Crippen molar-refractivity contribution in [1.29, 1.82) is 0 Å². The minimum atomic E-state index is -3.71. The third-order valence-corrected chi connectivity index (χ3v) is 6.26. The summed E-state index contributed by atoms with van der Waals surface area (Å²) in [4.78, 5) is 12.4. The van der Waals surface area contributed by atoms with Gasteiger partial charge in [-0.1, -0.05) is 23.8 Å². The molecular weight excluding hydrogens is 404 g/mol. The Morgan fingerprint density at radius 2 is 1.63 bits per heavy atom. The fourth-order valence-electron chi connectivity index (χ4n) is 2.83. The summed E-state index contributed by atoms with van der Waals surface area (Å²) in [5.74, 6) is 1.01. The molecule has 2 rings (SSSR count). The highest BCUT2D eigenvalue weighted by Crippen LogP contribution is 2.28. The summed E-state index contributed by atoms with van der Waals surface area (Å²) in [6.45, 7) is 6.92. The third-order valence-electron chi connectivity index (χ3n) is 4.44. The van der Waals surface area contributed by atoms with Crippen molar-refractivity contribution in [1.82, 2.24) is 9.62 Å². The second-order valence-corrected chi connectivity index (χ2v) is 8.87. The van der Waals surface area contributed by atoms with E-state index >= 15 is 0 Å². The van der Waals surface area contributed by atoms with Crippen LogP contribution in [0.4, 0.5) is 0 Å². The fraction of sp³-hybridized carbons (Fsp3) is 0.409. The minimum absolute atomic E-state index is 0.168. The average Bonchev–Trinajstić information content (AvgIpc) is 2.70. The van der Waals surface area contributed by atoms with Crippen molar-refractivity contribution in [3.8, 4) is 11.5 Å². The van der Waals surface area contributed by atoms with Crippen LogP contribution in [-0.4, -0.2) is 52.0 Å². The van der Waals surface area contributed by atoms with E-state index in [9.17, 15) is 13.2 Å². The zero-order valence-electron chi connectivity index (χ0n) is 18.0. The lowest BCUT2D eigenvalue weighted by Crippen LogP contribution is -2.39. The second kappa shape index (κ2) is 11.0. The molecule has 8 heteroatoms. The lowest BCUT2D eigenvalue weighted by Gasteiger charge is -2.17. The molecule has 0 saturated heterocycles. The zero-order chi connectivity index (χ0) is 22.1. The Kier molecular flexibility index (Phi) is 8.68. The van der Waals surface area contributed by atoms with Gasteiger partial charge in [-0.05, 0) is 57.0 Å². The lowest BCUT2D eigenvalue weighted by molar-refractivity contribution is -0.121. The predicted molar refractivity (Wildman–Crippen MR) is 116 cm³/mol. The maximum Gasteiger partial charge on any atom is 0.243 e. The molecular formula is C22H30N2O5S. The van der Waals surface area contributed by atoms with Crippen molar-refractivity contribution in [2.75, 3.05) is 33.4 Å². The molecule has 0 atom stereocenters. The highest BCUT2D eigenvalue weighted by atomic mass is 32.2. The Bertz CT molecular complexity index is 943.